The second-order valence-corrected chi connectivity index (χ2v) is 12.1. The predicted octanol–water partition coefficient (Wildman–Crippen LogP) is 2.68. The molecule has 2 nitrogen and oxygen atoms in total. The van der Waals surface area contributed by atoms with E-state index in [2.05, 4.69) is 0 Å². The number of ether oxygens (including phenoxy) is 1. The molecule has 0 heterocycles. The van der Waals surface area contributed by atoms with Crippen molar-refractivity contribution in [2.45, 2.75) is 83.2 Å². The molecule has 0 aromatic carbocycles. The first kappa shape index (κ1) is 30.9. The van der Waals surface area contributed by atoms with Crippen LogP contribution >= 0.6 is 10.0 Å². The van der Waals surface area contributed by atoms with E-state index < -0.39 is 22.6 Å². The second-order valence-electron chi connectivity index (χ2n) is 7.75. The van der Waals surface area contributed by atoms with Crippen LogP contribution in [0, 0.1) is 0 Å². The Kier molecular flexibility index (Phi) is 22.5. The molecule has 0 aliphatic rings. The minimum absolute atomic E-state index is 0. The fourth-order valence-electron chi connectivity index (χ4n) is 2.94. The number of rotatable bonds is 18. The van der Waals surface area contributed by atoms with Gasteiger partial charge in [-0.1, -0.05) is 57.8 Å². The molecule has 0 bridgehead atoms. The second kappa shape index (κ2) is 19.6. The van der Waals surface area contributed by atoms with Crippen LogP contribution in [0.5, 0.6) is 0 Å². The van der Waals surface area contributed by atoms with Crippen LogP contribution in [-0.2, 0) is 4.74 Å². The zero-order chi connectivity index (χ0) is 19.7. The molecule has 0 fully saturated rings. The Labute approximate surface area is 209 Å². The molecule has 0 radical (unpaired) electrons. The van der Waals surface area contributed by atoms with Crippen molar-refractivity contribution in [2.24, 2.45) is 0 Å². The first-order valence-electron chi connectivity index (χ1n) is 10.2. The van der Waals surface area contributed by atoms with E-state index in [9.17, 15) is 18.3 Å². The fourth-order valence-corrected chi connectivity index (χ4v) is 4.92. The van der Waals surface area contributed by atoms with Gasteiger partial charge in [-0.15, -0.1) is 6.61 Å². The van der Waals surface area contributed by atoms with Gasteiger partial charge in [0.25, 0.3) is 0 Å². The molecular weight excluding hydrogens is 400 g/mol. The summed E-state index contributed by atoms with van der Waals surface area (Å²) in [6.07, 6.45) is 12.8. The molecular formula is C20H40F3KO2S. The van der Waals surface area contributed by atoms with Gasteiger partial charge < -0.3 is 9.84 Å². The van der Waals surface area contributed by atoms with Gasteiger partial charge in [-0.3, -0.25) is 0 Å². The maximum atomic E-state index is 12.3. The molecule has 0 amide bonds. The van der Waals surface area contributed by atoms with Crippen LogP contribution in [0.2, 0.25) is 0 Å². The predicted molar refractivity (Wildman–Crippen MR) is 106 cm³/mol. The van der Waals surface area contributed by atoms with Crippen LogP contribution in [0.1, 0.15) is 77.0 Å². The summed E-state index contributed by atoms with van der Waals surface area (Å²) in [5, 5.41) is 10.2. The Bertz CT molecular complexity index is 316. The van der Waals surface area contributed by atoms with Crippen molar-refractivity contribution < 1.29 is 74.4 Å². The van der Waals surface area contributed by atoms with E-state index >= 15 is 0 Å². The quantitative estimate of drug-likeness (QED) is 0.242. The van der Waals surface area contributed by atoms with E-state index in [-0.39, 0.29) is 58.0 Å². The van der Waals surface area contributed by atoms with Crippen LogP contribution in [0.25, 0.3) is 0 Å². The average molecular weight is 441 g/mol. The van der Waals surface area contributed by atoms with Crippen molar-refractivity contribution in [2.75, 3.05) is 43.8 Å². The summed E-state index contributed by atoms with van der Waals surface area (Å²) in [5.74, 6) is 1.29. The van der Waals surface area contributed by atoms with Gasteiger partial charge in [0.1, 0.15) is 0 Å². The van der Waals surface area contributed by atoms with Gasteiger partial charge in [0.05, 0.1) is 6.42 Å². The third-order valence-electron chi connectivity index (χ3n) is 4.65. The minimum Gasteiger partial charge on any atom is -0.853 e. The molecule has 0 aromatic rings. The number of hydrogen-bond donors (Lipinski definition) is 0. The topological polar surface area (TPSA) is 32.3 Å². The fraction of sp³-hybridized carbons (Fsp3) is 1.00. The summed E-state index contributed by atoms with van der Waals surface area (Å²) in [7, 11) is -1.08. The molecule has 0 saturated heterocycles. The zero-order valence-corrected chi connectivity index (χ0v) is 21.8. The number of unbranched alkanes of at least 4 members (excludes halogenated alkanes) is 10. The molecule has 0 aliphatic carbocycles. The van der Waals surface area contributed by atoms with Crippen molar-refractivity contribution >= 4 is 10.0 Å². The Hall–Kier alpha value is 1.70. The van der Waals surface area contributed by atoms with Crippen molar-refractivity contribution in [3.05, 3.63) is 0 Å². The van der Waals surface area contributed by atoms with Crippen molar-refractivity contribution in [1.29, 1.82) is 0 Å². The van der Waals surface area contributed by atoms with E-state index in [0.717, 1.165) is 31.6 Å². The minimum atomic E-state index is -4.00. The van der Waals surface area contributed by atoms with Crippen LogP contribution in [0.15, 0.2) is 0 Å². The smallest absolute Gasteiger partial charge is 0.853 e. The monoisotopic (exact) mass is 440 g/mol. The molecule has 0 spiro atoms. The maximum absolute atomic E-state index is 12.3. The van der Waals surface area contributed by atoms with E-state index in [1.807, 2.05) is 12.5 Å². The average Bonchev–Trinajstić information content (AvgIpc) is 2.56. The third kappa shape index (κ3) is 25.7. The van der Waals surface area contributed by atoms with Crippen LogP contribution in [0.4, 0.5) is 13.2 Å². The van der Waals surface area contributed by atoms with E-state index in [0.29, 0.717) is 12.4 Å². The molecule has 0 unspecified atom stereocenters. The van der Waals surface area contributed by atoms with Gasteiger partial charge in [0.2, 0.25) is 0 Å². The SMILES string of the molecule is CS(C)(CCCCCCCCCCCCCOCC[O-])CCC(F)(F)F.[K+]. The van der Waals surface area contributed by atoms with Crippen molar-refractivity contribution in [1.82, 2.24) is 0 Å². The number of hydrogen-bond acceptors (Lipinski definition) is 2. The molecule has 0 atom stereocenters. The molecule has 27 heavy (non-hydrogen) atoms. The molecule has 0 saturated carbocycles. The van der Waals surface area contributed by atoms with Gasteiger partial charge in [0, 0.05) is 13.2 Å². The summed E-state index contributed by atoms with van der Waals surface area (Å²) in [6, 6.07) is 0. The Morgan fingerprint density at radius 2 is 1.15 bits per heavy atom. The molecule has 0 rings (SSSR count). The summed E-state index contributed by atoms with van der Waals surface area (Å²) >= 11 is 0. The first-order chi connectivity index (χ1) is 12.3. The summed E-state index contributed by atoms with van der Waals surface area (Å²) in [5.41, 5.74) is 0. The van der Waals surface area contributed by atoms with Gasteiger partial charge in [0.15, 0.2) is 0 Å². The normalized spacial score (nSPS) is 12.8. The van der Waals surface area contributed by atoms with Gasteiger partial charge in [-0.05, 0) is 36.9 Å². The number of halogens is 3. The van der Waals surface area contributed by atoms with Crippen LogP contribution in [-0.4, -0.2) is 50.0 Å². The maximum Gasteiger partial charge on any atom is 1.00 e. The summed E-state index contributed by atoms with van der Waals surface area (Å²) < 4.78 is 42.1. The Morgan fingerprint density at radius 3 is 1.59 bits per heavy atom. The van der Waals surface area contributed by atoms with Crippen LogP contribution < -0.4 is 56.5 Å². The van der Waals surface area contributed by atoms with Crippen molar-refractivity contribution in [3.63, 3.8) is 0 Å². The Morgan fingerprint density at radius 1 is 0.704 bits per heavy atom. The first-order valence-corrected chi connectivity index (χ1v) is 13.0. The third-order valence-corrected chi connectivity index (χ3v) is 7.35. The van der Waals surface area contributed by atoms with Gasteiger partial charge in [-0.2, -0.15) is 13.2 Å². The number of alkyl halides is 3. The van der Waals surface area contributed by atoms with Crippen molar-refractivity contribution in [3.8, 4) is 0 Å². The molecule has 0 N–H and O–H groups in total. The standard InChI is InChI=1S/C20H40F3O2S.K/c1-26(2,19-14-20(21,22)23)18-13-11-9-7-5-3-4-6-8-10-12-16-25-17-15-24;/h3-19H2,1-2H3;/q-1;+1. The van der Waals surface area contributed by atoms with E-state index in [1.165, 1.54) is 51.4 Å². The van der Waals surface area contributed by atoms with Crippen LogP contribution in [0.3, 0.4) is 0 Å². The van der Waals surface area contributed by atoms with E-state index in [4.69, 9.17) is 4.74 Å². The summed E-state index contributed by atoms with van der Waals surface area (Å²) in [6.45, 7) is 0.917. The molecule has 7 heteroatoms. The Balaban J connectivity index is 0. The largest absolute Gasteiger partial charge is 1.00 e. The zero-order valence-electron chi connectivity index (χ0n) is 17.9. The molecule has 0 aliphatic heterocycles. The van der Waals surface area contributed by atoms with Gasteiger partial charge >= 0.3 is 57.6 Å². The van der Waals surface area contributed by atoms with Gasteiger partial charge in [-0.25, -0.2) is 10.0 Å². The molecule has 160 valence electrons. The molecule has 0 aromatic heterocycles. The van der Waals surface area contributed by atoms with E-state index in [1.54, 1.807) is 0 Å². The summed E-state index contributed by atoms with van der Waals surface area (Å²) in [4.78, 5) is 0.